The Bertz CT molecular complexity index is 842. The molecule has 26 heavy (non-hydrogen) atoms. The Morgan fingerprint density at radius 2 is 2.12 bits per heavy atom. The van der Waals surface area contributed by atoms with Crippen LogP contribution in [0.25, 0.3) is 10.9 Å². The number of hydrogen-bond donors (Lipinski definition) is 1. The number of aliphatic carboxylic acids is 1. The summed E-state index contributed by atoms with van der Waals surface area (Å²) in [5.74, 6) is -1.21. The molecule has 0 radical (unpaired) electrons. The van der Waals surface area contributed by atoms with E-state index in [4.69, 9.17) is 14.6 Å². The smallest absolute Gasteiger partial charge is 0.334 e. The number of aryl methyl sites for hydroxylation is 1. The van der Waals surface area contributed by atoms with Crippen molar-refractivity contribution in [1.29, 1.82) is 0 Å². The molecule has 7 heteroatoms. The number of methoxy groups -OCH3 is 1. The van der Waals surface area contributed by atoms with E-state index in [9.17, 15) is 9.59 Å². The van der Waals surface area contributed by atoms with Crippen molar-refractivity contribution in [2.45, 2.75) is 26.5 Å². The first kappa shape index (κ1) is 18.4. The summed E-state index contributed by atoms with van der Waals surface area (Å²) in [5.41, 5.74) is 3.92. The van der Waals surface area contributed by atoms with Crippen LogP contribution < -0.4 is 0 Å². The molecule has 2 aromatic rings. The Morgan fingerprint density at radius 3 is 2.81 bits per heavy atom. The van der Waals surface area contributed by atoms with E-state index >= 15 is 0 Å². The molecule has 1 aromatic carbocycles. The maximum Gasteiger partial charge on any atom is 0.334 e. The number of carboxylic acid groups (broad SMARTS) is 1. The molecule has 0 bridgehead atoms. The van der Waals surface area contributed by atoms with Crippen molar-refractivity contribution >= 4 is 22.8 Å². The van der Waals surface area contributed by atoms with Gasteiger partial charge in [-0.2, -0.15) is 0 Å². The van der Waals surface area contributed by atoms with Gasteiger partial charge in [0.05, 0.1) is 19.8 Å². The predicted molar refractivity (Wildman–Crippen MR) is 96.6 cm³/mol. The van der Waals surface area contributed by atoms with E-state index in [2.05, 4.69) is 11.5 Å². The molecule has 1 unspecified atom stereocenters. The summed E-state index contributed by atoms with van der Waals surface area (Å²) in [5, 5.41) is 10.1. The van der Waals surface area contributed by atoms with Crippen LogP contribution in [0.5, 0.6) is 0 Å². The zero-order valence-corrected chi connectivity index (χ0v) is 15.3. The second kappa shape index (κ2) is 7.47. The number of ether oxygens (including phenoxy) is 2. The molecule has 0 spiro atoms. The number of fused-ring (bicyclic) bond motifs is 1. The fourth-order valence-electron chi connectivity index (χ4n) is 3.42. The fraction of sp³-hybridized carbons (Fsp3) is 0.474. The topological polar surface area (TPSA) is 81.0 Å². The number of rotatable bonds is 5. The Morgan fingerprint density at radius 1 is 1.35 bits per heavy atom. The third-order valence-electron chi connectivity index (χ3n) is 5.03. The van der Waals surface area contributed by atoms with Gasteiger partial charge < -0.3 is 24.0 Å². The molecule has 140 valence electrons. The zero-order chi connectivity index (χ0) is 18.8. The Hall–Kier alpha value is -2.38. The number of benzene rings is 1. The number of morpholine rings is 1. The lowest BCUT2D eigenvalue weighted by Gasteiger charge is -2.31. The molecule has 1 N–H and O–H groups in total. The number of aromatic nitrogens is 1. The maximum atomic E-state index is 12.8. The largest absolute Gasteiger partial charge is 0.479 e. The Balaban J connectivity index is 1.90. The molecule has 0 saturated carbocycles. The summed E-state index contributed by atoms with van der Waals surface area (Å²) < 4.78 is 12.6. The van der Waals surface area contributed by atoms with Crippen LogP contribution >= 0.6 is 0 Å². The van der Waals surface area contributed by atoms with Crippen molar-refractivity contribution in [2.24, 2.45) is 0 Å². The van der Waals surface area contributed by atoms with Crippen LogP contribution in [-0.2, 0) is 20.8 Å². The first-order chi connectivity index (χ1) is 12.4. The highest BCUT2D eigenvalue weighted by molar-refractivity contribution is 5.99. The van der Waals surface area contributed by atoms with Gasteiger partial charge in [0, 0.05) is 42.4 Å². The Labute approximate surface area is 152 Å². The molecular weight excluding hydrogens is 336 g/mol. The molecule has 1 fully saturated rings. The highest BCUT2D eigenvalue weighted by Gasteiger charge is 2.29. The number of hydrogen-bond acceptors (Lipinski definition) is 4. The first-order valence-corrected chi connectivity index (χ1v) is 8.66. The van der Waals surface area contributed by atoms with E-state index in [1.807, 2.05) is 19.1 Å². The Kier molecular flexibility index (Phi) is 5.29. The molecule has 3 rings (SSSR count). The lowest BCUT2D eigenvalue weighted by atomic mass is 10.1. The van der Waals surface area contributed by atoms with Gasteiger partial charge in [0.25, 0.3) is 5.91 Å². The van der Waals surface area contributed by atoms with Gasteiger partial charge in [0.1, 0.15) is 0 Å². The molecular formula is C19H24N2O5. The lowest BCUT2D eigenvalue weighted by Crippen LogP contribution is -2.48. The normalized spacial score (nSPS) is 17.7. The predicted octanol–water partition coefficient (Wildman–Crippen LogP) is 1.83. The van der Waals surface area contributed by atoms with Crippen molar-refractivity contribution < 1.29 is 24.2 Å². The highest BCUT2D eigenvalue weighted by Crippen LogP contribution is 2.27. The molecule has 1 aliphatic rings. The molecule has 1 atom stereocenters. The van der Waals surface area contributed by atoms with Gasteiger partial charge >= 0.3 is 5.97 Å². The molecule has 2 heterocycles. The van der Waals surface area contributed by atoms with Gasteiger partial charge in [-0.1, -0.05) is 0 Å². The minimum absolute atomic E-state index is 0.0685. The summed E-state index contributed by atoms with van der Waals surface area (Å²) in [6.45, 7) is 6.18. The molecule has 1 amide bonds. The molecule has 1 aromatic heterocycles. The molecule has 1 saturated heterocycles. The summed E-state index contributed by atoms with van der Waals surface area (Å²) in [6, 6.07) is 5.65. The van der Waals surface area contributed by atoms with Crippen LogP contribution in [0.15, 0.2) is 18.2 Å². The van der Waals surface area contributed by atoms with E-state index in [0.717, 1.165) is 28.7 Å². The van der Waals surface area contributed by atoms with Crippen LogP contribution in [0, 0.1) is 13.8 Å². The molecule has 0 aliphatic carbocycles. The summed E-state index contributed by atoms with van der Waals surface area (Å²) in [7, 11) is 1.68. The second-order valence-corrected chi connectivity index (χ2v) is 6.54. The number of nitrogens with zero attached hydrogens (tertiary/aromatic N) is 2. The van der Waals surface area contributed by atoms with E-state index in [0.29, 0.717) is 18.7 Å². The average molecular weight is 360 g/mol. The third kappa shape index (κ3) is 3.32. The zero-order valence-electron chi connectivity index (χ0n) is 15.3. The second-order valence-electron chi connectivity index (χ2n) is 6.54. The lowest BCUT2D eigenvalue weighted by molar-refractivity contribution is -0.154. The van der Waals surface area contributed by atoms with Crippen LogP contribution in [-0.4, -0.2) is 66.0 Å². The van der Waals surface area contributed by atoms with E-state index in [1.54, 1.807) is 18.1 Å². The van der Waals surface area contributed by atoms with Crippen LogP contribution in [0.1, 0.15) is 21.6 Å². The van der Waals surface area contributed by atoms with E-state index < -0.39 is 12.1 Å². The SMILES string of the molecule is COCCn1c(C)c(C)c2cc(C(=O)N3CCOC(C(=O)O)C3)ccc21. The standard InChI is InChI=1S/C19H24N2O5/c1-12-13(2)21(7-8-25-3)16-5-4-14(10-15(12)16)18(22)20-6-9-26-17(11-20)19(23)24/h4-5,10,17H,6-9,11H2,1-3H3,(H,23,24). The van der Waals surface area contributed by atoms with Crippen LogP contribution in [0.2, 0.25) is 0 Å². The van der Waals surface area contributed by atoms with Gasteiger partial charge in [-0.25, -0.2) is 4.79 Å². The van der Waals surface area contributed by atoms with Gasteiger partial charge in [0.2, 0.25) is 0 Å². The van der Waals surface area contributed by atoms with Gasteiger partial charge in [-0.05, 0) is 37.6 Å². The van der Waals surface area contributed by atoms with Crippen molar-refractivity contribution in [3.63, 3.8) is 0 Å². The van der Waals surface area contributed by atoms with Gasteiger partial charge in [-0.15, -0.1) is 0 Å². The highest BCUT2D eigenvalue weighted by atomic mass is 16.5. The first-order valence-electron chi connectivity index (χ1n) is 8.66. The van der Waals surface area contributed by atoms with Gasteiger partial charge in [-0.3, -0.25) is 4.79 Å². The van der Waals surface area contributed by atoms with Crippen molar-refractivity contribution in [1.82, 2.24) is 9.47 Å². The maximum absolute atomic E-state index is 12.8. The number of carboxylic acids is 1. The van der Waals surface area contributed by atoms with Crippen LogP contribution in [0.4, 0.5) is 0 Å². The summed E-state index contributed by atoms with van der Waals surface area (Å²) in [6.07, 6.45) is -0.962. The van der Waals surface area contributed by atoms with E-state index in [1.165, 1.54) is 0 Å². The quantitative estimate of drug-likeness (QED) is 0.880. The third-order valence-corrected chi connectivity index (χ3v) is 5.03. The van der Waals surface area contributed by atoms with Gasteiger partial charge in [0.15, 0.2) is 6.10 Å². The molecule has 1 aliphatic heterocycles. The molecule has 7 nitrogen and oxygen atoms in total. The number of amides is 1. The van der Waals surface area contributed by atoms with Crippen molar-refractivity contribution in [3.05, 3.63) is 35.0 Å². The van der Waals surface area contributed by atoms with Crippen LogP contribution in [0.3, 0.4) is 0 Å². The minimum atomic E-state index is -1.04. The fourth-order valence-corrected chi connectivity index (χ4v) is 3.42. The van der Waals surface area contributed by atoms with Crippen molar-refractivity contribution in [2.75, 3.05) is 33.4 Å². The van der Waals surface area contributed by atoms with E-state index in [-0.39, 0.29) is 19.1 Å². The summed E-state index contributed by atoms with van der Waals surface area (Å²) >= 11 is 0. The number of carbonyl (C=O) groups excluding carboxylic acids is 1. The monoisotopic (exact) mass is 360 g/mol. The van der Waals surface area contributed by atoms with Crippen molar-refractivity contribution in [3.8, 4) is 0 Å². The minimum Gasteiger partial charge on any atom is -0.479 e. The number of carbonyl (C=O) groups is 2. The summed E-state index contributed by atoms with van der Waals surface area (Å²) in [4.78, 5) is 25.5. The average Bonchev–Trinajstić information content (AvgIpc) is 2.89.